The molecule has 1 fully saturated rings. The average molecular weight is 404 g/mol. The van der Waals surface area contributed by atoms with Crippen LogP contribution in [0.3, 0.4) is 0 Å². The smallest absolute Gasteiger partial charge is 0.416 e. The molecule has 1 saturated carbocycles. The Morgan fingerprint density at radius 1 is 1.14 bits per heavy atom. The lowest BCUT2D eigenvalue weighted by atomic mass is 9.95. The standard InChI is InChI=1S/C20H19F3N4O2/c21-20(22,23)13-6-4-5-12(11-13)18-17(19(28)29)25-16-10-9-15(26-27(16)18)24-14-7-2-1-3-8-14/h4-6,9-11,14H,1-3,7-8H2,(H,24,26)(H,28,29). The molecule has 0 saturated heterocycles. The van der Waals surface area contributed by atoms with Gasteiger partial charge < -0.3 is 10.4 Å². The summed E-state index contributed by atoms with van der Waals surface area (Å²) in [6.45, 7) is 0. The van der Waals surface area contributed by atoms with Crippen LogP contribution in [-0.2, 0) is 6.18 Å². The summed E-state index contributed by atoms with van der Waals surface area (Å²) in [6, 6.07) is 8.12. The fraction of sp³-hybridized carbons (Fsp3) is 0.350. The maximum Gasteiger partial charge on any atom is 0.416 e. The van der Waals surface area contributed by atoms with Crippen LogP contribution in [0, 0.1) is 0 Å². The maximum absolute atomic E-state index is 13.1. The summed E-state index contributed by atoms with van der Waals surface area (Å²) in [5.74, 6) is -0.795. The van der Waals surface area contributed by atoms with E-state index in [-0.39, 0.29) is 28.6 Å². The number of aromatic carboxylic acids is 1. The van der Waals surface area contributed by atoms with Gasteiger partial charge in [-0.25, -0.2) is 14.3 Å². The fourth-order valence-electron chi connectivity index (χ4n) is 3.72. The molecule has 9 heteroatoms. The van der Waals surface area contributed by atoms with E-state index in [2.05, 4.69) is 15.4 Å². The average Bonchev–Trinajstić information content (AvgIpc) is 3.07. The second-order valence-corrected chi connectivity index (χ2v) is 7.16. The number of aromatic nitrogens is 3. The minimum absolute atomic E-state index is 0.0193. The Labute approximate surface area is 164 Å². The molecule has 1 aromatic carbocycles. The van der Waals surface area contributed by atoms with Gasteiger partial charge in [0.1, 0.15) is 11.5 Å². The molecule has 2 N–H and O–H groups in total. The molecule has 0 amide bonds. The minimum atomic E-state index is -4.54. The molecule has 152 valence electrons. The van der Waals surface area contributed by atoms with E-state index in [1.807, 2.05) is 0 Å². The minimum Gasteiger partial charge on any atom is -0.476 e. The summed E-state index contributed by atoms with van der Waals surface area (Å²) in [5.41, 5.74) is -0.841. The molecule has 0 aliphatic heterocycles. The molecule has 0 spiro atoms. The van der Waals surface area contributed by atoms with Crippen molar-refractivity contribution < 1.29 is 23.1 Å². The Balaban J connectivity index is 1.81. The Kier molecular flexibility index (Phi) is 4.89. The fourth-order valence-corrected chi connectivity index (χ4v) is 3.72. The molecule has 1 aliphatic carbocycles. The number of nitrogens with zero attached hydrogens (tertiary/aromatic N) is 3. The maximum atomic E-state index is 13.1. The van der Waals surface area contributed by atoms with Crippen molar-refractivity contribution in [2.75, 3.05) is 5.32 Å². The summed E-state index contributed by atoms with van der Waals surface area (Å²) in [4.78, 5) is 15.8. The van der Waals surface area contributed by atoms with Crippen molar-refractivity contribution in [3.8, 4) is 11.3 Å². The highest BCUT2D eigenvalue weighted by atomic mass is 19.4. The lowest BCUT2D eigenvalue weighted by molar-refractivity contribution is -0.137. The van der Waals surface area contributed by atoms with Gasteiger partial charge in [0.15, 0.2) is 11.3 Å². The number of halogens is 3. The van der Waals surface area contributed by atoms with E-state index < -0.39 is 17.7 Å². The third-order valence-corrected chi connectivity index (χ3v) is 5.10. The summed E-state index contributed by atoms with van der Waals surface area (Å²) < 4.78 is 40.7. The van der Waals surface area contributed by atoms with Crippen molar-refractivity contribution in [1.29, 1.82) is 0 Å². The zero-order valence-electron chi connectivity index (χ0n) is 15.4. The zero-order valence-corrected chi connectivity index (χ0v) is 15.4. The summed E-state index contributed by atoms with van der Waals surface area (Å²) in [7, 11) is 0. The van der Waals surface area contributed by atoms with E-state index in [1.165, 1.54) is 23.1 Å². The van der Waals surface area contributed by atoms with Gasteiger partial charge in [-0.05, 0) is 37.1 Å². The van der Waals surface area contributed by atoms with Gasteiger partial charge in [0, 0.05) is 11.6 Å². The first kappa shape index (κ1) is 19.2. The Morgan fingerprint density at radius 2 is 1.90 bits per heavy atom. The Morgan fingerprint density at radius 3 is 2.59 bits per heavy atom. The number of carboxylic acid groups (broad SMARTS) is 1. The van der Waals surface area contributed by atoms with E-state index in [0.717, 1.165) is 37.8 Å². The molecule has 1 aliphatic rings. The van der Waals surface area contributed by atoms with Gasteiger partial charge in [0.25, 0.3) is 0 Å². The molecule has 2 aromatic heterocycles. The van der Waals surface area contributed by atoms with E-state index in [1.54, 1.807) is 12.1 Å². The largest absolute Gasteiger partial charge is 0.476 e. The van der Waals surface area contributed by atoms with Gasteiger partial charge in [0.05, 0.1) is 5.56 Å². The molecule has 0 atom stereocenters. The monoisotopic (exact) mass is 404 g/mol. The van der Waals surface area contributed by atoms with Crippen molar-refractivity contribution in [2.24, 2.45) is 0 Å². The highest BCUT2D eigenvalue weighted by Gasteiger charge is 2.31. The zero-order chi connectivity index (χ0) is 20.6. The first-order valence-electron chi connectivity index (χ1n) is 9.40. The predicted molar refractivity (Wildman–Crippen MR) is 101 cm³/mol. The number of carboxylic acids is 1. The molecule has 0 unspecified atom stereocenters. The highest BCUT2D eigenvalue weighted by molar-refractivity contribution is 5.94. The van der Waals surface area contributed by atoms with Crippen molar-refractivity contribution in [2.45, 2.75) is 44.3 Å². The van der Waals surface area contributed by atoms with Crippen LogP contribution in [0.15, 0.2) is 36.4 Å². The van der Waals surface area contributed by atoms with E-state index in [9.17, 15) is 23.1 Å². The Bertz CT molecular complexity index is 1060. The second-order valence-electron chi connectivity index (χ2n) is 7.16. The molecular formula is C20H19F3N4O2. The quantitative estimate of drug-likeness (QED) is 0.649. The van der Waals surface area contributed by atoms with Crippen LogP contribution in [0.5, 0.6) is 0 Å². The first-order valence-corrected chi connectivity index (χ1v) is 9.40. The van der Waals surface area contributed by atoms with Gasteiger partial charge in [-0.15, -0.1) is 5.10 Å². The first-order chi connectivity index (χ1) is 13.8. The van der Waals surface area contributed by atoms with Crippen molar-refractivity contribution in [3.05, 3.63) is 47.7 Å². The third kappa shape index (κ3) is 3.90. The summed E-state index contributed by atoms with van der Waals surface area (Å²) >= 11 is 0. The van der Waals surface area contributed by atoms with Crippen LogP contribution in [0.25, 0.3) is 16.9 Å². The number of hydrogen-bond acceptors (Lipinski definition) is 4. The Hall–Kier alpha value is -3.10. The van der Waals surface area contributed by atoms with Gasteiger partial charge in [-0.1, -0.05) is 31.4 Å². The SMILES string of the molecule is O=C(O)c1nc2ccc(NC3CCCCC3)nn2c1-c1cccc(C(F)(F)F)c1. The molecule has 29 heavy (non-hydrogen) atoms. The molecule has 4 rings (SSSR count). The number of rotatable bonds is 4. The lowest BCUT2D eigenvalue weighted by Crippen LogP contribution is -2.23. The van der Waals surface area contributed by atoms with E-state index >= 15 is 0 Å². The van der Waals surface area contributed by atoms with Crippen molar-refractivity contribution in [1.82, 2.24) is 14.6 Å². The summed E-state index contributed by atoms with van der Waals surface area (Å²) in [6.07, 6.45) is 0.955. The number of anilines is 1. The molecule has 6 nitrogen and oxygen atoms in total. The third-order valence-electron chi connectivity index (χ3n) is 5.10. The van der Waals surface area contributed by atoms with Crippen LogP contribution in [0.4, 0.5) is 19.0 Å². The predicted octanol–water partition coefficient (Wildman–Crippen LogP) is 4.86. The van der Waals surface area contributed by atoms with Crippen LogP contribution >= 0.6 is 0 Å². The number of nitrogens with one attached hydrogen (secondary N) is 1. The molecule has 3 aromatic rings. The molecule has 0 bridgehead atoms. The van der Waals surface area contributed by atoms with E-state index in [4.69, 9.17) is 0 Å². The number of alkyl halides is 3. The van der Waals surface area contributed by atoms with Gasteiger partial charge in [0.2, 0.25) is 0 Å². The molecule has 2 heterocycles. The van der Waals surface area contributed by atoms with Gasteiger partial charge in [-0.2, -0.15) is 13.2 Å². The van der Waals surface area contributed by atoms with Gasteiger partial charge in [-0.3, -0.25) is 0 Å². The second kappa shape index (κ2) is 7.38. The van der Waals surface area contributed by atoms with Crippen LogP contribution < -0.4 is 5.32 Å². The number of fused-ring (bicyclic) bond motifs is 1. The van der Waals surface area contributed by atoms with Crippen LogP contribution in [0.1, 0.15) is 48.2 Å². The number of carbonyl (C=O) groups is 1. The van der Waals surface area contributed by atoms with Crippen LogP contribution in [0.2, 0.25) is 0 Å². The van der Waals surface area contributed by atoms with Crippen molar-refractivity contribution in [3.63, 3.8) is 0 Å². The summed E-state index contributed by atoms with van der Waals surface area (Å²) in [5, 5.41) is 17.3. The van der Waals surface area contributed by atoms with Gasteiger partial charge >= 0.3 is 12.1 Å². The normalized spacial score (nSPS) is 15.6. The number of benzene rings is 1. The topological polar surface area (TPSA) is 79.5 Å². The molecular weight excluding hydrogens is 385 g/mol. The lowest BCUT2D eigenvalue weighted by Gasteiger charge is -2.23. The highest BCUT2D eigenvalue weighted by Crippen LogP contribution is 2.33. The van der Waals surface area contributed by atoms with E-state index in [0.29, 0.717) is 5.82 Å². The molecule has 0 radical (unpaired) electrons. The van der Waals surface area contributed by atoms with Crippen LogP contribution in [-0.4, -0.2) is 31.7 Å². The number of imidazole rings is 1. The van der Waals surface area contributed by atoms with Crippen molar-refractivity contribution >= 4 is 17.4 Å². The number of hydrogen-bond donors (Lipinski definition) is 2.